The predicted octanol–water partition coefficient (Wildman–Crippen LogP) is 2.95. The lowest BCUT2D eigenvalue weighted by atomic mass is 9.73. The van der Waals surface area contributed by atoms with Gasteiger partial charge in [-0.3, -0.25) is 0 Å². The minimum atomic E-state index is -0.0499. The van der Waals surface area contributed by atoms with Gasteiger partial charge < -0.3 is 15.5 Å². The van der Waals surface area contributed by atoms with Crippen LogP contribution in [0.5, 0.6) is 0 Å². The zero-order valence-corrected chi connectivity index (χ0v) is 13.5. The molecule has 2 fully saturated rings. The van der Waals surface area contributed by atoms with E-state index in [0.29, 0.717) is 16.7 Å². The third-order valence-electron chi connectivity index (χ3n) is 5.24. The molecule has 5 nitrogen and oxygen atoms in total. The van der Waals surface area contributed by atoms with Crippen molar-refractivity contribution in [1.82, 2.24) is 10.2 Å². The first-order valence-corrected chi connectivity index (χ1v) is 8.48. The monoisotopic (exact) mass is 312 g/mol. The summed E-state index contributed by atoms with van der Waals surface area (Å²) >= 11 is 0. The van der Waals surface area contributed by atoms with Gasteiger partial charge in [0.15, 0.2) is 0 Å². The summed E-state index contributed by atoms with van der Waals surface area (Å²) in [5.74, 6) is 0. The molecule has 2 saturated heterocycles. The average Bonchev–Trinajstić information content (AvgIpc) is 2.78. The van der Waals surface area contributed by atoms with Gasteiger partial charge in [-0.15, -0.1) is 0 Å². The van der Waals surface area contributed by atoms with E-state index in [2.05, 4.69) is 16.7 Å². The average molecular weight is 312 g/mol. The summed E-state index contributed by atoms with van der Waals surface area (Å²) in [7, 11) is 0. The predicted molar refractivity (Wildman–Crippen MR) is 90.1 cm³/mol. The zero-order chi connectivity index (χ0) is 16.1. The standard InChI is InChI=1S/C18H24N4O/c19-14-15-3-1-4-16(13-15)21-17(23)22-11-2-5-18(8-12-22)6-9-20-10-7-18/h1,3-4,13,20H,2,5-12H2,(H,21,23). The second-order valence-corrected chi connectivity index (χ2v) is 6.71. The Balaban J connectivity index is 1.60. The first kappa shape index (κ1) is 15.8. The van der Waals surface area contributed by atoms with Crippen LogP contribution in [0.3, 0.4) is 0 Å². The van der Waals surface area contributed by atoms with E-state index in [1.807, 2.05) is 11.0 Å². The molecule has 2 heterocycles. The largest absolute Gasteiger partial charge is 0.325 e. The van der Waals surface area contributed by atoms with E-state index in [9.17, 15) is 4.79 Å². The first-order valence-electron chi connectivity index (χ1n) is 8.48. The molecule has 2 aliphatic rings. The van der Waals surface area contributed by atoms with Crippen LogP contribution in [0.4, 0.5) is 10.5 Å². The summed E-state index contributed by atoms with van der Waals surface area (Å²) in [6.45, 7) is 3.85. The first-order chi connectivity index (χ1) is 11.2. The highest BCUT2D eigenvalue weighted by atomic mass is 16.2. The molecule has 1 aromatic rings. The van der Waals surface area contributed by atoms with E-state index in [1.54, 1.807) is 18.2 Å². The highest BCUT2D eigenvalue weighted by Crippen LogP contribution is 2.39. The molecule has 5 heteroatoms. The van der Waals surface area contributed by atoms with Crippen LogP contribution in [0.25, 0.3) is 0 Å². The molecule has 1 aromatic carbocycles. The Morgan fingerprint density at radius 2 is 2.04 bits per heavy atom. The topological polar surface area (TPSA) is 68.2 Å². The van der Waals surface area contributed by atoms with Crippen molar-refractivity contribution in [2.24, 2.45) is 5.41 Å². The van der Waals surface area contributed by atoms with Gasteiger partial charge in [0, 0.05) is 18.8 Å². The van der Waals surface area contributed by atoms with Gasteiger partial charge in [0.05, 0.1) is 11.6 Å². The number of amides is 2. The van der Waals surface area contributed by atoms with E-state index in [4.69, 9.17) is 5.26 Å². The van der Waals surface area contributed by atoms with Crippen molar-refractivity contribution in [3.05, 3.63) is 29.8 Å². The number of nitrogens with zero attached hydrogens (tertiary/aromatic N) is 2. The Bertz CT molecular complexity index is 601. The van der Waals surface area contributed by atoms with Gasteiger partial charge in [-0.05, 0) is 68.8 Å². The summed E-state index contributed by atoms with van der Waals surface area (Å²) < 4.78 is 0. The van der Waals surface area contributed by atoms with Crippen LogP contribution in [0.15, 0.2) is 24.3 Å². The normalized spacial score (nSPS) is 20.6. The number of nitriles is 1. The van der Waals surface area contributed by atoms with Crippen molar-refractivity contribution in [2.45, 2.75) is 32.1 Å². The van der Waals surface area contributed by atoms with Gasteiger partial charge >= 0.3 is 6.03 Å². The molecule has 122 valence electrons. The van der Waals surface area contributed by atoms with E-state index in [-0.39, 0.29) is 6.03 Å². The van der Waals surface area contributed by atoms with Crippen LogP contribution >= 0.6 is 0 Å². The molecule has 0 saturated carbocycles. The van der Waals surface area contributed by atoms with Gasteiger partial charge in [-0.1, -0.05) is 6.07 Å². The van der Waals surface area contributed by atoms with Crippen LogP contribution in [-0.4, -0.2) is 37.1 Å². The summed E-state index contributed by atoms with van der Waals surface area (Å²) in [6.07, 6.45) is 5.85. The Kier molecular flexibility index (Phi) is 4.82. The number of piperidine rings is 1. The molecule has 2 amide bonds. The molecule has 3 rings (SSSR count). The Hall–Kier alpha value is -2.06. The van der Waals surface area contributed by atoms with Crippen molar-refractivity contribution in [1.29, 1.82) is 5.26 Å². The highest BCUT2D eigenvalue weighted by molar-refractivity contribution is 5.89. The minimum Gasteiger partial charge on any atom is -0.325 e. The van der Waals surface area contributed by atoms with E-state index in [0.717, 1.165) is 39.0 Å². The molecular formula is C18H24N4O. The Morgan fingerprint density at radius 1 is 1.22 bits per heavy atom. The molecule has 0 aliphatic carbocycles. The van der Waals surface area contributed by atoms with Crippen LogP contribution < -0.4 is 10.6 Å². The van der Waals surface area contributed by atoms with Crippen LogP contribution in [0.1, 0.15) is 37.7 Å². The van der Waals surface area contributed by atoms with Crippen LogP contribution in [-0.2, 0) is 0 Å². The lowest BCUT2D eigenvalue weighted by Crippen LogP contribution is -2.39. The highest BCUT2D eigenvalue weighted by Gasteiger charge is 2.34. The van der Waals surface area contributed by atoms with Crippen molar-refractivity contribution in [2.75, 3.05) is 31.5 Å². The lowest BCUT2D eigenvalue weighted by molar-refractivity contribution is 0.169. The Labute approximate surface area is 137 Å². The van der Waals surface area contributed by atoms with Crippen molar-refractivity contribution in [3.63, 3.8) is 0 Å². The van der Waals surface area contributed by atoms with Gasteiger partial charge in [0.2, 0.25) is 0 Å². The van der Waals surface area contributed by atoms with Crippen molar-refractivity contribution >= 4 is 11.7 Å². The fraction of sp³-hybridized carbons (Fsp3) is 0.556. The SMILES string of the molecule is N#Cc1cccc(NC(=O)N2CCCC3(CCNCC3)CC2)c1. The summed E-state index contributed by atoms with van der Waals surface area (Å²) in [4.78, 5) is 14.4. The quantitative estimate of drug-likeness (QED) is 0.838. The minimum absolute atomic E-state index is 0.0499. The van der Waals surface area contributed by atoms with Crippen LogP contribution in [0.2, 0.25) is 0 Å². The molecule has 0 bridgehead atoms. The maximum absolute atomic E-state index is 12.5. The molecule has 2 N–H and O–H groups in total. The summed E-state index contributed by atoms with van der Waals surface area (Å²) in [5.41, 5.74) is 1.68. The zero-order valence-electron chi connectivity index (χ0n) is 13.5. The lowest BCUT2D eigenvalue weighted by Gasteiger charge is -2.37. The number of hydrogen-bond donors (Lipinski definition) is 2. The molecule has 23 heavy (non-hydrogen) atoms. The molecular weight excluding hydrogens is 288 g/mol. The second-order valence-electron chi connectivity index (χ2n) is 6.71. The number of likely N-dealkylation sites (tertiary alicyclic amines) is 1. The van der Waals surface area contributed by atoms with Gasteiger partial charge in [0.1, 0.15) is 0 Å². The van der Waals surface area contributed by atoms with E-state index < -0.39 is 0 Å². The number of carbonyl (C=O) groups excluding carboxylic acids is 1. The molecule has 1 spiro atoms. The summed E-state index contributed by atoms with van der Waals surface area (Å²) in [5, 5.41) is 15.3. The third-order valence-corrected chi connectivity index (χ3v) is 5.24. The maximum Gasteiger partial charge on any atom is 0.321 e. The molecule has 2 aliphatic heterocycles. The van der Waals surface area contributed by atoms with Crippen molar-refractivity contribution < 1.29 is 4.79 Å². The smallest absolute Gasteiger partial charge is 0.321 e. The number of anilines is 1. The number of rotatable bonds is 1. The molecule has 0 atom stereocenters. The molecule has 0 radical (unpaired) electrons. The summed E-state index contributed by atoms with van der Waals surface area (Å²) in [6, 6.07) is 9.12. The molecule has 0 aromatic heterocycles. The van der Waals surface area contributed by atoms with Crippen molar-refractivity contribution in [3.8, 4) is 6.07 Å². The molecule has 0 unspecified atom stereocenters. The fourth-order valence-corrected chi connectivity index (χ4v) is 3.78. The Morgan fingerprint density at radius 3 is 2.83 bits per heavy atom. The number of urea groups is 1. The van der Waals surface area contributed by atoms with Gasteiger partial charge in [-0.2, -0.15) is 5.26 Å². The second kappa shape index (κ2) is 7.01. The van der Waals surface area contributed by atoms with Gasteiger partial charge in [-0.25, -0.2) is 4.79 Å². The maximum atomic E-state index is 12.5. The van der Waals surface area contributed by atoms with E-state index >= 15 is 0 Å². The number of hydrogen-bond acceptors (Lipinski definition) is 3. The van der Waals surface area contributed by atoms with E-state index in [1.165, 1.54) is 19.3 Å². The fourth-order valence-electron chi connectivity index (χ4n) is 3.78. The third kappa shape index (κ3) is 3.83. The van der Waals surface area contributed by atoms with Crippen LogP contribution in [0, 0.1) is 16.7 Å². The number of carbonyl (C=O) groups is 1. The number of nitrogens with one attached hydrogen (secondary N) is 2. The number of benzene rings is 1. The van der Waals surface area contributed by atoms with Gasteiger partial charge in [0.25, 0.3) is 0 Å².